The molecule has 0 radical (unpaired) electrons. The lowest BCUT2D eigenvalue weighted by Gasteiger charge is -2.10. The number of aryl methyl sites for hydroxylation is 1. The van der Waals surface area contributed by atoms with Crippen molar-refractivity contribution in [1.29, 1.82) is 0 Å². The Morgan fingerprint density at radius 1 is 0.900 bits per heavy atom. The van der Waals surface area contributed by atoms with Crippen molar-refractivity contribution < 1.29 is 4.52 Å². The van der Waals surface area contributed by atoms with Crippen LogP contribution in [-0.2, 0) is 0 Å². The molecular weight excluding hydrogens is 442 g/mol. The van der Waals surface area contributed by atoms with E-state index in [0.29, 0.717) is 22.7 Å². The van der Waals surface area contributed by atoms with Gasteiger partial charge in [-0.2, -0.15) is 4.98 Å². The maximum atomic E-state index is 13.1. The van der Waals surface area contributed by atoms with E-state index in [0.717, 1.165) is 26.7 Å². The lowest BCUT2D eigenvalue weighted by Crippen LogP contribution is -2.18. The molecule has 0 aliphatic heterocycles. The van der Waals surface area contributed by atoms with Crippen molar-refractivity contribution in [2.24, 2.45) is 0 Å². The largest absolute Gasteiger partial charge is 0.334 e. The summed E-state index contributed by atoms with van der Waals surface area (Å²) in [4.78, 5) is 17.7. The monoisotopic (exact) mass is 457 g/mol. The van der Waals surface area contributed by atoms with Crippen LogP contribution in [0.1, 0.15) is 5.56 Å². The van der Waals surface area contributed by atoms with E-state index in [-0.39, 0.29) is 5.56 Å². The van der Waals surface area contributed by atoms with E-state index in [9.17, 15) is 4.79 Å². The Bertz CT molecular complexity index is 1420. The Kier molecular flexibility index (Phi) is 4.56. The first kappa shape index (κ1) is 18.5. The van der Waals surface area contributed by atoms with E-state index in [2.05, 4.69) is 26.1 Å². The van der Waals surface area contributed by atoms with Crippen molar-refractivity contribution in [3.8, 4) is 28.5 Å². The zero-order valence-corrected chi connectivity index (χ0v) is 17.6. The van der Waals surface area contributed by atoms with E-state index in [1.807, 2.05) is 79.7 Å². The van der Waals surface area contributed by atoms with Gasteiger partial charge in [-0.05, 0) is 49.4 Å². The number of nitrogens with zero attached hydrogens (tertiary/aromatic N) is 3. The fraction of sp³-hybridized carbons (Fsp3) is 0.0417. The summed E-state index contributed by atoms with van der Waals surface area (Å²) in [6.45, 7) is 2.01. The highest BCUT2D eigenvalue weighted by atomic mass is 79.9. The standard InChI is InChI=1S/C24H16BrN3O2/c1-15-6-12-18(13-7-15)28-14-21(19-4-2-3-5-20(19)24(28)29)23-26-22(27-30-23)16-8-10-17(25)11-9-16/h2-14H,1H3. The summed E-state index contributed by atoms with van der Waals surface area (Å²) in [7, 11) is 0. The Labute approximate surface area is 180 Å². The van der Waals surface area contributed by atoms with Crippen molar-refractivity contribution in [2.45, 2.75) is 6.92 Å². The molecule has 0 N–H and O–H groups in total. The number of benzene rings is 3. The predicted molar refractivity (Wildman–Crippen MR) is 121 cm³/mol. The highest BCUT2D eigenvalue weighted by Gasteiger charge is 2.17. The van der Waals surface area contributed by atoms with Crippen molar-refractivity contribution in [3.63, 3.8) is 0 Å². The third-order valence-electron chi connectivity index (χ3n) is 5.00. The minimum absolute atomic E-state index is 0.0918. The number of hydrogen-bond acceptors (Lipinski definition) is 4. The molecule has 0 saturated carbocycles. The Balaban J connectivity index is 1.71. The van der Waals surface area contributed by atoms with Gasteiger partial charge in [-0.1, -0.05) is 57.0 Å². The lowest BCUT2D eigenvalue weighted by molar-refractivity contribution is 0.432. The van der Waals surface area contributed by atoms with Gasteiger partial charge in [0.05, 0.1) is 5.56 Å². The zero-order chi connectivity index (χ0) is 20.7. The van der Waals surface area contributed by atoms with Crippen LogP contribution in [0.2, 0.25) is 0 Å². The van der Waals surface area contributed by atoms with Crippen molar-refractivity contribution in [1.82, 2.24) is 14.7 Å². The molecule has 6 heteroatoms. The Morgan fingerprint density at radius 2 is 1.60 bits per heavy atom. The second-order valence-corrected chi connectivity index (χ2v) is 7.94. The van der Waals surface area contributed by atoms with Gasteiger partial charge in [0.2, 0.25) is 5.82 Å². The fourth-order valence-electron chi connectivity index (χ4n) is 3.41. The number of fused-ring (bicyclic) bond motifs is 1. The molecule has 5 aromatic rings. The van der Waals surface area contributed by atoms with Crippen LogP contribution in [0.15, 0.2) is 92.8 Å². The number of aromatic nitrogens is 3. The normalized spacial score (nSPS) is 11.1. The summed E-state index contributed by atoms with van der Waals surface area (Å²) in [5.74, 6) is 0.861. The minimum Gasteiger partial charge on any atom is -0.334 e. The number of rotatable bonds is 3. The van der Waals surface area contributed by atoms with Gasteiger partial charge in [0, 0.05) is 32.7 Å². The number of pyridine rings is 1. The third-order valence-corrected chi connectivity index (χ3v) is 5.52. The second kappa shape index (κ2) is 7.39. The molecule has 5 nitrogen and oxygen atoms in total. The molecule has 3 aromatic carbocycles. The summed E-state index contributed by atoms with van der Waals surface area (Å²) in [5, 5.41) is 5.52. The molecule has 0 amide bonds. The van der Waals surface area contributed by atoms with Crippen LogP contribution in [0.25, 0.3) is 39.3 Å². The van der Waals surface area contributed by atoms with Gasteiger partial charge in [-0.3, -0.25) is 9.36 Å². The van der Waals surface area contributed by atoms with Gasteiger partial charge >= 0.3 is 0 Å². The Hall–Kier alpha value is -3.51. The Morgan fingerprint density at radius 3 is 2.33 bits per heavy atom. The first-order valence-corrected chi connectivity index (χ1v) is 10.2. The smallest absolute Gasteiger partial charge is 0.262 e. The SMILES string of the molecule is Cc1ccc(-n2cc(-c3nc(-c4ccc(Br)cc4)no3)c3ccccc3c2=O)cc1. The predicted octanol–water partition coefficient (Wildman–Crippen LogP) is 5.78. The van der Waals surface area contributed by atoms with Gasteiger partial charge in [-0.25, -0.2) is 0 Å². The summed E-state index contributed by atoms with van der Waals surface area (Å²) >= 11 is 3.43. The molecule has 0 atom stereocenters. The van der Waals surface area contributed by atoms with Crippen LogP contribution in [-0.4, -0.2) is 14.7 Å². The summed E-state index contributed by atoms with van der Waals surface area (Å²) in [5.41, 5.74) is 3.38. The van der Waals surface area contributed by atoms with Crippen molar-refractivity contribution in [3.05, 3.63) is 99.4 Å². The summed E-state index contributed by atoms with van der Waals surface area (Å²) in [6, 6.07) is 23.0. The minimum atomic E-state index is -0.0918. The first-order chi connectivity index (χ1) is 14.6. The molecule has 0 unspecified atom stereocenters. The third kappa shape index (κ3) is 3.25. The lowest BCUT2D eigenvalue weighted by atomic mass is 10.1. The van der Waals surface area contributed by atoms with Crippen LogP contribution < -0.4 is 5.56 Å². The second-order valence-electron chi connectivity index (χ2n) is 7.03. The molecule has 30 heavy (non-hydrogen) atoms. The van der Waals surface area contributed by atoms with E-state index in [1.54, 1.807) is 10.8 Å². The molecule has 2 heterocycles. The highest BCUT2D eigenvalue weighted by molar-refractivity contribution is 9.10. The average molecular weight is 458 g/mol. The molecular formula is C24H16BrN3O2. The topological polar surface area (TPSA) is 60.9 Å². The molecule has 0 fully saturated rings. The van der Waals surface area contributed by atoms with Crippen LogP contribution >= 0.6 is 15.9 Å². The molecule has 0 aliphatic carbocycles. The van der Waals surface area contributed by atoms with Gasteiger partial charge < -0.3 is 4.52 Å². The number of halogens is 1. The molecule has 0 spiro atoms. The van der Waals surface area contributed by atoms with E-state index < -0.39 is 0 Å². The van der Waals surface area contributed by atoms with Crippen molar-refractivity contribution >= 4 is 26.7 Å². The van der Waals surface area contributed by atoms with Gasteiger partial charge in [-0.15, -0.1) is 0 Å². The molecule has 0 bridgehead atoms. The molecule has 146 valence electrons. The van der Waals surface area contributed by atoms with Gasteiger partial charge in [0.25, 0.3) is 11.4 Å². The van der Waals surface area contributed by atoms with E-state index in [4.69, 9.17) is 4.52 Å². The molecule has 5 rings (SSSR count). The maximum Gasteiger partial charge on any atom is 0.262 e. The summed E-state index contributed by atoms with van der Waals surface area (Å²) < 4.78 is 8.21. The summed E-state index contributed by atoms with van der Waals surface area (Å²) in [6.07, 6.45) is 1.77. The molecule has 0 saturated heterocycles. The highest BCUT2D eigenvalue weighted by Crippen LogP contribution is 2.29. The van der Waals surface area contributed by atoms with Crippen LogP contribution in [0.4, 0.5) is 0 Å². The fourth-order valence-corrected chi connectivity index (χ4v) is 3.67. The van der Waals surface area contributed by atoms with E-state index >= 15 is 0 Å². The van der Waals surface area contributed by atoms with Gasteiger partial charge in [0.1, 0.15) is 0 Å². The zero-order valence-electron chi connectivity index (χ0n) is 16.0. The number of hydrogen-bond donors (Lipinski definition) is 0. The van der Waals surface area contributed by atoms with E-state index in [1.165, 1.54) is 0 Å². The average Bonchev–Trinajstić information content (AvgIpc) is 3.25. The van der Waals surface area contributed by atoms with Crippen molar-refractivity contribution in [2.75, 3.05) is 0 Å². The van der Waals surface area contributed by atoms with Crippen LogP contribution in [0.3, 0.4) is 0 Å². The van der Waals surface area contributed by atoms with Crippen LogP contribution in [0.5, 0.6) is 0 Å². The van der Waals surface area contributed by atoms with Crippen LogP contribution in [0, 0.1) is 6.92 Å². The maximum absolute atomic E-state index is 13.1. The van der Waals surface area contributed by atoms with Gasteiger partial charge in [0.15, 0.2) is 0 Å². The quantitative estimate of drug-likeness (QED) is 0.344. The molecule has 0 aliphatic rings. The molecule has 2 aromatic heterocycles. The first-order valence-electron chi connectivity index (χ1n) is 9.41.